The van der Waals surface area contributed by atoms with Gasteiger partial charge in [0.1, 0.15) is 5.56 Å². The van der Waals surface area contributed by atoms with E-state index < -0.39 is 11.5 Å². The van der Waals surface area contributed by atoms with Gasteiger partial charge in [-0.05, 0) is 67.5 Å². The summed E-state index contributed by atoms with van der Waals surface area (Å²) in [7, 11) is 1.50. The van der Waals surface area contributed by atoms with Gasteiger partial charge in [-0.25, -0.2) is 4.79 Å². The summed E-state index contributed by atoms with van der Waals surface area (Å²) in [5.41, 5.74) is 7.45. The monoisotopic (exact) mass is 397 g/mol. The van der Waals surface area contributed by atoms with Crippen LogP contribution in [0.4, 0.5) is 5.69 Å². The first-order valence-electron chi connectivity index (χ1n) is 10.5. The molecule has 0 amide bonds. The minimum absolute atomic E-state index is 0.202. The van der Waals surface area contributed by atoms with Gasteiger partial charge in [-0.2, -0.15) is 0 Å². The molecule has 1 aromatic carbocycles. The average molecular weight is 398 g/mol. The lowest BCUT2D eigenvalue weighted by atomic mass is 9.82. The molecule has 2 heterocycles. The first-order chi connectivity index (χ1) is 14.1. The lowest BCUT2D eigenvalue weighted by molar-refractivity contribution is 0.0695. The number of nitrogens with one attached hydrogen (secondary N) is 1. The van der Waals surface area contributed by atoms with E-state index in [1.807, 2.05) is 19.1 Å². The quantitative estimate of drug-likeness (QED) is 0.733. The Labute approximate surface area is 171 Å². The van der Waals surface area contributed by atoms with Crippen molar-refractivity contribution >= 4 is 11.7 Å². The molecule has 6 nitrogen and oxygen atoms in total. The van der Waals surface area contributed by atoms with E-state index in [1.54, 1.807) is 0 Å². The molecule has 1 aliphatic heterocycles. The largest absolute Gasteiger partial charge is 0.477 e. The van der Waals surface area contributed by atoms with Crippen LogP contribution in [0.3, 0.4) is 0 Å². The van der Waals surface area contributed by atoms with E-state index in [0.29, 0.717) is 12.1 Å². The number of aromatic nitrogens is 1. The van der Waals surface area contributed by atoms with Crippen LogP contribution in [0.15, 0.2) is 35.1 Å². The Morgan fingerprint density at radius 1 is 1.14 bits per heavy atom. The van der Waals surface area contributed by atoms with Crippen LogP contribution in [-0.4, -0.2) is 36.2 Å². The van der Waals surface area contributed by atoms with Crippen molar-refractivity contribution in [3.8, 4) is 11.3 Å². The Balaban J connectivity index is 0.00000117. The number of benzene rings is 1. The molecule has 1 aromatic heterocycles. The topological polar surface area (TPSA) is 99.4 Å². The number of hydrogen-bond acceptors (Lipinski definition) is 4. The molecule has 2 aromatic rings. The van der Waals surface area contributed by atoms with E-state index in [4.69, 9.17) is 5.11 Å². The first-order valence-corrected chi connectivity index (χ1v) is 10.5. The standard InChI is InChI=1S/C22H26N2O3.CH5N/c1-2-14-11-19(22(26)27)21(25)23-20(14)15-7-9-18(10-8-15)24-12-16-5-3-4-6-17(16)13-24;1-2/h7-11,16-17H,2-6,12-13H2,1H3,(H,23,25)(H,26,27);2H2,1H3/t16-,17?;/m1./s1. The minimum Gasteiger partial charge on any atom is -0.477 e. The number of hydrogen-bond donors (Lipinski definition) is 3. The van der Waals surface area contributed by atoms with E-state index in [2.05, 4.69) is 27.8 Å². The van der Waals surface area contributed by atoms with Crippen LogP contribution >= 0.6 is 0 Å². The Hall–Kier alpha value is -2.60. The van der Waals surface area contributed by atoms with Gasteiger partial charge in [0, 0.05) is 18.8 Å². The highest BCUT2D eigenvalue weighted by atomic mass is 16.4. The Kier molecular flexibility index (Phi) is 6.75. The molecule has 156 valence electrons. The zero-order valence-electron chi connectivity index (χ0n) is 17.3. The summed E-state index contributed by atoms with van der Waals surface area (Å²) in [6.07, 6.45) is 6.11. The molecule has 1 saturated heterocycles. The number of carboxylic acid groups (broad SMARTS) is 1. The van der Waals surface area contributed by atoms with Crippen LogP contribution in [0.5, 0.6) is 0 Å². The normalized spacial score (nSPS) is 20.6. The van der Waals surface area contributed by atoms with Crippen molar-refractivity contribution in [2.45, 2.75) is 39.0 Å². The summed E-state index contributed by atoms with van der Waals surface area (Å²) >= 11 is 0. The van der Waals surface area contributed by atoms with Crippen molar-refractivity contribution in [3.63, 3.8) is 0 Å². The highest BCUT2D eigenvalue weighted by Gasteiger charge is 2.34. The Morgan fingerprint density at radius 2 is 1.72 bits per heavy atom. The van der Waals surface area contributed by atoms with Crippen molar-refractivity contribution in [1.29, 1.82) is 0 Å². The number of carboxylic acids is 1. The van der Waals surface area contributed by atoms with Gasteiger partial charge in [0.15, 0.2) is 0 Å². The van der Waals surface area contributed by atoms with Crippen LogP contribution in [-0.2, 0) is 6.42 Å². The number of pyridine rings is 1. The maximum absolute atomic E-state index is 12.1. The molecule has 0 spiro atoms. The predicted molar refractivity (Wildman–Crippen MR) is 117 cm³/mol. The molecule has 2 atom stereocenters. The van der Waals surface area contributed by atoms with Gasteiger partial charge in [-0.3, -0.25) is 4.79 Å². The highest BCUT2D eigenvalue weighted by Crippen LogP contribution is 2.38. The van der Waals surface area contributed by atoms with Crippen molar-refractivity contribution in [1.82, 2.24) is 4.98 Å². The molecule has 1 unspecified atom stereocenters. The smallest absolute Gasteiger partial charge is 0.341 e. The third-order valence-corrected chi connectivity index (χ3v) is 6.23. The third kappa shape index (κ3) is 4.37. The van der Waals surface area contributed by atoms with Crippen molar-refractivity contribution in [2.24, 2.45) is 17.6 Å². The predicted octanol–water partition coefficient (Wildman–Crippen LogP) is 3.50. The number of nitrogens with two attached hydrogens (primary N) is 1. The van der Waals surface area contributed by atoms with E-state index >= 15 is 0 Å². The molecule has 4 N–H and O–H groups in total. The zero-order valence-corrected chi connectivity index (χ0v) is 17.3. The van der Waals surface area contributed by atoms with Crippen LogP contribution in [0, 0.1) is 11.8 Å². The molecule has 1 saturated carbocycles. The SMILES string of the molecule is CCc1cc(C(=O)O)c(=O)[nH]c1-c1ccc(N2CC3CCCC[C@@H]3C2)cc1.CN. The number of aromatic carboxylic acids is 1. The van der Waals surface area contributed by atoms with Crippen molar-refractivity contribution in [3.05, 3.63) is 51.8 Å². The van der Waals surface area contributed by atoms with Gasteiger partial charge in [0.05, 0.1) is 5.69 Å². The molecule has 4 rings (SSSR count). The van der Waals surface area contributed by atoms with Gasteiger partial charge in [0.25, 0.3) is 5.56 Å². The van der Waals surface area contributed by atoms with Crippen LogP contribution < -0.4 is 16.2 Å². The Morgan fingerprint density at radius 3 is 2.24 bits per heavy atom. The van der Waals surface area contributed by atoms with Crippen molar-refractivity contribution < 1.29 is 9.90 Å². The molecular formula is C23H31N3O3. The van der Waals surface area contributed by atoms with Gasteiger partial charge in [-0.1, -0.05) is 31.9 Å². The lowest BCUT2D eigenvalue weighted by Gasteiger charge is -2.22. The second-order valence-electron chi connectivity index (χ2n) is 7.83. The molecule has 29 heavy (non-hydrogen) atoms. The summed E-state index contributed by atoms with van der Waals surface area (Å²) in [4.78, 5) is 28.6. The fourth-order valence-corrected chi connectivity index (χ4v) is 4.72. The number of rotatable bonds is 4. The van der Waals surface area contributed by atoms with Crippen LogP contribution in [0.1, 0.15) is 48.5 Å². The van der Waals surface area contributed by atoms with E-state index in [-0.39, 0.29) is 5.56 Å². The molecule has 0 bridgehead atoms. The third-order valence-electron chi connectivity index (χ3n) is 6.23. The van der Waals surface area contributed by atoms with Crippen LogP contribution in [0.2, 0.25) is 0 Å². The molecule has 2 fully saturated rings. The summed E-state index contributed by atoms with van der Waals surface area (Å²) in [5, 5.41) is 9.17. The molecule has 1 aliphatic carbocycles. The Bertz CT molecular complexity index is 891. The minimum atomic E-state index is -1.19. The van der Waals surface area contributed by atoms with Gasteiger partial charge < -0.3 is 20.7 Å². The van der Waals surface area contributed by atoms with Gasteiger partial charge in [0.2, 0.25) is 0 Å². The maximum Gasteiger partial charge on any atom is 0.341 e. The molecule has 0 radical (unpaired) electrons. The van der Waals surface area contributed by atoms with E-state index in [9.17, 15) is 9.59 Å². The summed E-state index contributed by atoms with van der Waals surface area (Å²) in [5.74, 6) is 0.485. The van der Waals surface area contributed by atoms with E-state index in [1.165, 1.54) is 44.5 Å². The fraction of sp³-hybridized carbons (Fsp3) is 0.478. The van der Waals surface area contributed by atoms with Crippen molar-refractivity contribution in [2.75, 3.05) is 25.0 Å². The summed E-state index contributed by atoms with van der Waals surface area (Å²) in [6.45, 7) is 4.26. The molecular weight excluding hydrogens is 366 g/mol. The van der Waals surface area contributed by atoms with Gasteiger partial charge >= 0.3 is 5.97 Å². The number of H-pyrrole nitrogens is 1. The second kappa shape index (κ2) is 9.27. The second-order valence-corrected chi connectivity index (χ2v) is 7.83. The molecule has 2 aliphatic rings. The maximum atomic E-state index is 12.1. The zero-order chi connectivity index (χ0) is 21.0. The number of aryl methyl sites for hydroxylation is 1. The summed E-state index contributed by atoms with van der Waals surface area (Å²) in [6, 6.07) is 9.80. The lowest BCUT2D eigenvalue weighted by Crippen LogP contribution is -2.20. The highest BCUT2D eigenvalue weighted by molar-refractivity contribution is 5.88. The summed E-state index contributed by atoms with van der Waals surface area (Å²) < 4.78 is 0. The van der Waals surface area contributed by atoms with Gasteiger partial charge in [-0.15, -0.1) is 0 Å². The van der Waals surface area contributed by atoms with Crippen LogP contribution in [0.25, 0.3) is 11.3 Å². The number of fused-ring (bicyclic) bond motifs is 1. The fourth-order valence-electron chi connectivity index (χ4n) is 4.72. The number of aromatic amines is 1. The molecule has 6 heteroatoms. The average Bonchev–Trinajstić information content (AvgIpc) is 3.19. The first kappa shape index (κ1) is 21.1. The number of anilines is 1. The number of carbonyl (C=O) groups is 1. The number of nitrogens with zero attached hydrogens (tertiary/aromatic N) is 1. The van der Waals surface area contributed by atoms with E-state index in [0.717, 1.165) is 36.1 Å².